The van der Waals surface area contributed by atoms with Crippen LogP contribution in [0.4, 0.5) is 8.78 Å². The van der Waals surface area contributed by atoms with Gasteiger partial charge in [-0.15, -0.1) is 0 Å². The van der Waals surface area contributed by atoms with Crippen LogP contribution in [0.15, 0.2) is 36.5 Å². The molecule has 1 saturated heterocycles. The second kappa shape index (κ2) is 10.4. The molecule has 2 amide bonds. The smallest absolute Gasteiger partial charge is 0.243 e. The summed E-state index contributed by atoms with van der Waals surface area (Å²) in [4.78, 5) is 32.8. The topological polar surface area (TPSA) is 74.3 Å². The summed E-state index contributed by atoms with van der Waals surface area (Å²) in [6.45, 7) is 5.15. The number of likely N-dealkylation sites (tertiary alicyclic amines) is 1. The first kappa shape index (κ1) is 24.0. The number of benzene rings is 1. The maximum absolute atomic E-state index is 13.8. The lowest BCUT2D eigenvalue weighted by Gasteiger charge is -2.29. The summed E-state index contributed by atoms with van der Waals surface area (Å²) in [6, 6.07) is 4.48. The van der Waals surface area contributed by atoms with E-state index in [1.54, 1.807) is 6.20 Å². The van der Waals surface area contributed by atoms with Gasteiger partial charge in [0.05, 0.1) is 11.7 Å². The first-order valence-electron chi connectivity index (χ1n) is 11.7. The van der Waals surface area contributed by atoms with Crippen molar-refractivity contribution in [3.05, 3.63) is 70.6 Å². The van der Waals surface area contributed by atoms with Crippen molar-refractivity contribution >= 4 is 17.9 Å². The summed E-state index contributed by atoms with van der Waals surface area (Å²) in [5.41, 5.74) is 3.31. The van der Waals surface area contributed by atoms with E-state index in [-0.39, 0.29) is 36.9 Å². The molecule has 2 atom stereocenters. The zero-order valence-corrected chi connectivity index (χ0v) is 19.5. The predicted molar refractivity (Wildman–Crippen MR) is 126 cm³/mol. The van der Waals surface area contributed by atoms with E-state index in [9.17, 15) is 18.4 Å². The standard InChI is InChI=1S/C26H30F2N4O2/c1-16(2)32-10-4-7-24(32)26(34)31-23(13-17-8-9-20(27)21(28)12-17)25(33)30-15-18-11-19-5-3-6-22(19)29-14-18/h3,5,8-9,11-12,14,16,23-24H,4,6-7,10,13,15H2,1-2H3,(H,30,33)(H,31,34)/t23-,24+/m0/s1. The second-order valence-corrected chi connectivity index (χ2v) is 9.21. The molecule has 2 aromatic rings. The second-order valence-electron chi connectivity index (χ2n) is 9.21. The van der Waals surface area contributed by atoms with Crippen LogP contribution in [-0.4, -0.2) is 46.4 Å². The Morgan fingerprint density at radius 1 is 1.18 bits per heavy atom. The van der Waals surface area contributed by atoms with Gasteiger partial charge in [-0.05, 0) is 68.1 Å². The maximum Gasteiger partial charge on any atom is 0.243 e. The number of carbonyl (C=O) groups is 2. The van der Waals surface area contributed by atoms with Crippen LogP contribution in [0.5, 0.6) is 0 Å². The molecule has 4 rings (SSSR count). The Morgan fingerprint density at radius 2 is 2.00 bits per heavy atom. The molecule has 1 aromatic heterocycles. The number of hydrogen-bond donors (Lipinski definition) is 2. The van der Waals surface area contributed by atoms with Gasteiger partial charge in [-0.3, -0.25) is 19.5 Å². The fourth-order valence-electron chi connectivity index (χ4n) is 4.65. The first-order valence-corrected chi connectivity index (χ1v) is 11.7. The van der Waals surface area contributed by atoms with Gasteiger partial charge in [0.2, 0.25) is 11.8 Å². The Hall–Kier alpha value is -3.13. The molecule has 1 aromatic carbocycles. The van der Waals surface area contributed by atoms with Crippen LogP contribution in [0.2, 0.25) is 0 Å². The largest absolute Gasteiger partial charge is 0.350 e. The van der Waals surface area contributed by atoms with Crippen molar-refractivity contribution < 1.29 is 18.4 Å². The summed E-state index contributed by atoms with van der Waals surface area (Å²) in [7, 11) is 0. The quantitative estimate of drug-likeness (QED) is 0.624. The molecule has 2 heterocycles. The highest BCUT2D eigenvalue weighted by Gasteiger charge is 2.34. The molecular formula is C26H30F2N4O2. The number of aromatic nitrogens is 1. The van der Waals surface area contributed by atoms with Crippen LogP contribution < -0.4 is 10.6 Å². The summed E-state index contributed by atoms with van der Waals surface area (Å²) in [5.74, 6) is -2.55. The van der Waals surface area contributed by atoms with Gasteiger partial charge in [-0.25, -0.2) is 8.78 Å². The normalized spacial score (nSPS) is 18.2. The van der Waals surface area contributed by atoms with Gasteiger partial charge < -0.3 is 10.6 Å². The fourth-order valence-corrected chi connectivity index (χ4v) is 4.65. The third-order valence-corrected chi connectivity index (χ3v) is 6.45. The zero-order chi connectivity index (χ0) is 24.2. The van der Waals surface area contributed by atoms with Crippen molar-refractivity contribution in [1.29, 1.82) is 0 Å². The predicted octanol–water partition coefficient (Wildman–Crippen LogP) is 3.15. The molecule has 0 radical (unpaired) electrons. The molecular weight excluding hydrogens is 438 g/mol. The Bertz CT molecular complexity index is 1100. The Morgan fingerprint density at radius 3 is 2.76 bits per heavy atom. The summed E-state index contributed by atoms with van der Waals surface area (Å²) < 4.78 is 27.2. The molecule has 1 aliphatic heterocycles. The minimum Gasteiger partial charge on any atom is -0.350 e. The number of hydrogen-bond acceptors (Lipinski definition) is 4. The van der Waals surface area contributed by atoms with Crippen molar-refractivity contribution in [2.45, 2.75) is 64.2 Å². The molecule has 8 heteroatoms. The number of halogens is 2. The average Bonchev–Trinajstić information content (AvgIpc) is 3.48. The van der Waals surface area contributed by atoms with Crippen molar-refractivity contribution in [2.75, 3.05) is 6.54 Å². The molecule has 180 valence electrons. The van der Waals surface area contributed by atoms with Crippen molar-refractivity contribution in [3.63, 3.8) is 0 Å². The van der Waals surface area contributed by atoms with Crippen LogP contribution in [0.1, 0.15) is 49.1 Å². The molecule has 0 unspecified atom stereocenters. The Kier molecular flexibility index (Phi) is 7.36. The minimum absolute atomic E-state index is 0.0499. The van der Waals surface area contributed by atoms with Crippen molar-refractivity contribution in [3.8, 4) is 0 Å². The minimum atomic E-state index is -0.984. The van der Waals surface area contributed by atoms with Crippen LogP contribution >= 0.6 is 0 Å². The van der Waals surface area contributed by atoms with E-state index in [1.165, 1.54) is 6.07 Å². The number of nitrogens with zero attached hydrogens (tertiary/aromatic N) is 2. The number of fused-ring (bicyclic) bond motifs is 1. The molecule has 0 bridgehead atoms. The number of nitrogens with one attached hydrogen (secondary N) is 2. The number of pyridine rings is 1. The number of rotatable bonds is 8. The van der Waals surface area contributed by atoms with Crippen LogP contribution in [0.3, 0.4) is 0 Å². The highest BCUT2D eigenvalue weighted by molar-refractivity contribution is 5.90. The van der Waals surface area contributed by atoms with Gasteiger partial charge in [0, 0.05) is 31.6 Å². The van der Waals surface area contributed by atoms with Crippen molar-refractivity contribution in [2.24, 2.45) is 0 Å². The average molecular weight is 469 g/mol. The van der Waals surface area contributed by atoms with Crippen LogP contribution in [-0.2, 0) is 29.0 Å². The van der Waals surface area contributed by atoms with Gasteiger partial charge in [-0.2, -0.15) is 0 Å². The van der Waals surface area contributed by atoms with E-state index in [2.05, 4.69) is 20.5 Å². The number of allylic oxidation sites excluding steroid dienone is 1. The van der Waals surface area contributed by atoms with Gasteiger partial charge in [0.25, 0.3) is 0 Å². The SMILES string of the molecule is CC(C)N1CCC[C@@H]1C(=O)N[C@@H](Cc1ccc(F)c(F)c1)C(=O)NCc1cnc2c(c1)C=CC2. The van der Waals surface area contributed by atoms with E-state index in [0.29, 0.717) is 5.56 Å². The lowest BCUT2D eigenvalue weighted by Crippen LogP contribution is -2.53. The summed E-state index contributed by atoms with van der Waals surface area (Å²) >= 11 is 0. The lowest BCUT2D eigenvalue weighted by molar-refractivity contribution is -0.131. The molecule has 6 nitrogen and oxygen atoms in total. The van der Waals surface area contributed by atoms with Gasteiger partial charge in [-0.1, -0.05) is 18.2 Å². The third-order valence-electron chi connectivity index (χ3n) is 6.45. The van der Waals surface area contributed by atoms with E-state index >= 15 is 0 Å². The van der Waals surface area contributed by atoms with E-state index in [0.717, 1.165) is 54.8 Å². The van der Waals surface area contributed by atoms with Gasteiger partial charge in [0.15, 0.2) is 11.6 Å². The lowest BCUT2D eigenvalue weighted by atomic mass is 10.0. The highest BCUT2D eigenvalue weighted by Crippen LogP contribution is 2.21. The fraction of sp³-hybridized carbons (Fsp3) is 0.423. The van der Waals surface area contributed by atoms with Crippen LogP contribution in [0, 0.1) is 11.6 Å². The molecule has 1 fully saturated rings. The third kappa shape index (κ3) is 5.50. The summed E-state index contributed by atoms with van der Waals surface area (Å²) in [6.07, 6.45) is 8.26. The maximum atomic E-state index is 13.8. The zero-order valence-electron chi connectivity index (χ0n) is 19.5. The molecule has 2 aliphatic rings. The molecule has 1 aliphatic carbocycles. The number of amides is 2. The molecule has 2 N–H and O–H groups in total. The van der Waals surface area contributed by atoms with Crippen LogP contribution in [0.25, 0.3) is 6.08 Å². The molecule has 0 saturated carbocycles. The highest BCUT2D eigenvalue weighted by atomic mass is 19.2. The monoisotopic (exact) mass is 468 g/mol. The first-order chi connectivity index (χ1) is 16.3. The number of carbonyl (C=O) groups excluding carboxylic acids is 2. The van der Waals surface area contributed by atoms with Gasteiger partial charge in [0.1, 0.15) is 6.04 Å². The molecule has 0 spiro atoms. The summed E-state index contributed by atoms with van der Waals surface area (Å²) in [5, 5.41) is 5.74. The van der Waals surface area contributed by atoms with Crippen molar-refractivity contribution in [1.82, 2.24) is 20.5 Å². The Balaban J connectivity index is 1.47. The molecule has 34 heavy (non-hydrogen) atoms. The van der Waals surface area contributed by atoms with Gasteiger partial charge >= 0.3 is 0 Å². The van der Waals surface area contributed by atoms with E-state index < -0.39 is 17.7 Å². The van der Waals surface area contributed by atoms with E-state index in [4.69, 9.17) is 0 Å². The van der Waals surface area contributed by atoms with E-state index in [1.807, 2.05) is 32.1 Å². The Labute approximate surface area is 198 Å².